The standard InChI is InChI=1S/C23H22N4O2.ClH/c24-23(25)17-10-12-19(13-11-17)27-22(29)14-21(28)26-15-18-8-4-5-9-20(18)16-6-2-1-3-7-16;/h1-13H,14-15H2,(H3,24,25)(H,26,28)(H,27,29);1H. The van der Waals surface area contributed by atoms with E-state index in [1.54, 1.807) is 24.3 Å². The fourth-order valence-electron chi connectivity index (χ4n) is 2.91. The van der Waals surface area contributed by atoms with E-state index in [-0.39, 0.29) is 30.6 Å². The van der Waals surface area contributed by atoms with Crippen molar-refractivity contribution in [3.8, 4) is 11.1 Å². The van der Waals surface area contributed by atoms with E-state index in [9.17, 15) is 9.59 Å². The lowest BCUT2D eigenvalue weighted by Crippen LogP contribution is -2.28. The Labute approximate surface area is 181 Å². The highest BCUT2D eigenvalue weighted by atomic mass is 35.5. The molecular formula is C23H23ClN4O2. The van der Waals surface area contributed by atoms with E-state index in [0.29, 0.717) is 17.8 Å². The molecule has 0 radical (unpaired) electrons. The van der Waals surface area contributed by atoms with Crippen LogP contribution in [0.15, 0.2) is 78.9 Å². The van der Waals surface area contributed by atoms with Gasteiger partial charge in [0.1, 0.15) is 12.3 Å². The predicted octanol–water partition coefficient (Wildman–Crippen LogP) is 3.70. The molecule has 0 bridgehead atoms. The predicted molar refractivity (Wildman–Crippen MR) is 122 cm³/mol. The number of halogens is 1. The summed E-state index contributed by atoms with van der Waals surface area (Å²) in [6, 6.07) is 24.3. The molecule has 7 heteroatoms. The molecule has 0 unspecified atom stereocenters. The van der Waals surface area contributed by atoms with Crippen LogP contribution in [0.2, 0.25) is 0 Å². The highest BCUT2D eigenvalue weighted by molar-refractivity contribution is 6.04. The van der Waals surface area contributed by atoms with Crippen LogP contribution in [0.5, 0.6) is 0 Å². The molecule has 0 saturated heterocycles. The lowest BCUT2D eigenvalue weighted by atomic mass is 10.00. The second-order valence-corrected chi connectivity index (χ2v) is 6.52. The Morgan fingerprint density at radius 1 is 0.833 bits per heavy atom. The fourth-order valence-corrected chi connectivity index (χ4v) is 2.91. The van der Waals surface area contributed by atoms with Gasteiger partial charge in [-0.25, -0.2) is 0 Å². The molecule has 0 aliphatic heterocycles. The summed E-state index contributed by atoms with van der Waals surface area (Å²) >= 11 is 0. The number of nitrogens with two attached hydrogens (primary N) is 1. The van der Waals surface area contributed by atoms with Gasteiger partial charge in [0.2, 0.25) is 11.8 Å². The number of rotatable bonds is 7. The summed E-state index contributed by atoms with van der Waals surface area (Å²) in [5.74, 6) is -0.807. The van der Waals surface area contributed by atoms with Crippen molar-refractivity contribution in [1.82, 2.24) is 5.32 Å². The highest BCUT2D eigenvalue weighted by Gasteiger charge is 2.11. The van der Waals surface area contributed by atoms with Gasteiger partial charge in [0.25, 0.3) is 0 Å². The molecular weight excluding hydrogens is 400 g/mol. The maximum absolute atomic E-state index is 12.2. The molecule has 0 aliphatic rings. The van der Waals surface area contributed by atoms with Crippen LogP contribution in [0, 0.1) is 5.41 Å². The van der Waals surface area contributed by atoms with Gasteiger partial charge in [-0.2, -0.15) is 0 Å². The first-order valence-corrected chi connectivity index (χ1v) is 9.17. The summed E-state index contributed by atoms with van der Waals surface area (Å²) in [5.41, 5.74) is 9.61. The SMILES string of the molecule is Cl.N=C(N)c1ccc(NC(=O)CC(=O)NCc2ccccc2-c2ccccc2)cc1. The first kappa shape index (κ1) is 22.6. The van der Waals surface area contributed by atoms with Gasteiger partial charge in [-0.05, 0) is 41.0 Å². The number of hydrogen-bond donors (Lipinski definition) is 4. The van der Waals surface area contributed by atoms with Crippen molar-refractivity contribution in [2.75, 3.05) is 5.32 Å². The molecule has 5 N–H and O–H groups in total. The van der Waals surface area contributed by atoms with E-state index < -0.39 is 5.91 Å². The van der Waals surface area contributed by atoms with Crippen LogP contribution in [0.4, 0.5) is 5.69 Å². The number of amides is 2. The lowest BCUT2D eigenvalue weighted by Gasteiger charge is -2.11. The molecule has 0 spiro atoms. The van der Waals surface area contributed by atoms with Gasteiger partial charge in [-0.3, -0.25) is 15.0 Å². The molecule has 3 rings (SSSR count). The Bertz CT molecular complexity index is 1020. The average Bonchev–Trinajstić information content (AvgIpc) is 2.73. The monoisotopic (exact) mass is 422 g/mol. The Hall–Kier alpha value is -3.64. The number of carbonyl (C=O) groups is 2. The summed E-state index contributed by atoms with van der Waals surface area (Å²) in [4.78, 5) is 24.3. The molecule has 0 fully saturated rings. The number of amidine groups is 1. The van der Waals surface area contributed by atoms with Gasteiger partial charge in [0.05, 0.1) is 0 Å². The van der Waals surface area contributed by atoms with Crippen LogP contribution in [0.25, 0.3) is 11.1 Å². The zero-order valence-electron chi connectivity index (χ0n) is 16.2. The largest absolute Gasteiger partial charge is 0.384 e. The Morgan fingerprint density at radius 2 is 1.47 bits per heavy atom. The van der Waals surface area contributed by atoms with Crippen molar-refractivity contribution < 1.29 is 9.59 Å². The van der Waals surface area contributed by atoms with E-state index in [2.05, 4.69) is 10.6 Å². The van der Waals surface area contributed by atoms with Crippen LogP contribution in [0.3, 0.4) is 0 Å². The molecule has 2 amide bonds. The summed E-state index contributed by atoms with van der Waals surface area (Å²) in [5, 5.41) is 12.8. The van der Waals surface area contributed by atoms with E-state index in [1.165, 1.54) is 0 Å². The number of benzene rings is 3. The molecule has 0 saturated carbocycles. The zero-order valence-corrected chi connectivity index (χ0v) is 17.0. The van der Waals surface area contributed by atoms with Crippen molar-refractivity contribution in [2.45, 2.75) is 13.0 Å². The van der Waals surface area contributed by atoms with Gasteiger partial charge in [-0.15, -0.1) is 12.4 Å². The molecule has 0 aromatic heterocycles. The Kier molecular flexibility index (Phi) is 8.14. The molecule has 0 aliphatic carbocycles. The van der Waals surface area contributed by atoms with Crippen LogP contribution in [0.1, 0.15) is 17.5 Å². The van der Waals surface area contributed by atoms with E-state index in [0.717, 1.165) is 16.7 Å². The quantitative estimate of drug-likeness (QED) is 0.265. The molecule has 3 aromatic rings. The fraction of sp³-hybridized carbons (Fsp3) is 0.0870. The number of anilines is 1. The number of carbonyl (C=O) groups excluding carboxylic acids is 2. The van der Waals surface area contributed by atoms with Crippen LogP contribution >= 0.6 is 12.4 Å². The van der Waals surface area contributed by atoms with Crippen LogP contribution in [-0.2, 0) is 16.1 Å². The molecule has 0 heterocycles. The minimum Gasteiger partial charge on any atom is -0.384 e. The normalized spacial score (nSPS) is 9.87. The minimum absolute atomic E-state index is 0. The molecule has 3 aromatic carbocycles. The van der Waals surface area contributed by atoms with E-state index in [1.807, 2.05) is 54.6 Å². The van der Waals surface area contributed by atoms with Crippen molar-refractivity contribution in [1.29, 1.82) is 5.41 Å². The molecule has 30 heavy (non-hydrogen) atoms. The summed E-state index contributed by atoms with van der Waals surface area (Å²) in [7, 11) is 0. The van der Waals surface area contributed by atoms with Crippen LogP contribution in [-0.4, -0.2) is 17.6 Å². The van der Waals surface area contributed by atoms with Gasteiger partial charge >= 0.3 is 0 Å². The average molecular weight is 423 g/mol. The van der Waals surface area contributed by atoms with Crippen molar-refractivity contribution in [2.24, 2.45) is 5.73 Å². The number of hydrogen-bond acceptors (Lipinski definition) is 3. The Balaban J connectivity index is 0.00000320. The lowest BCUT2D eigenvalue weighted by molar-refractivity contribution is -0.126. The first-order chi connectivity index (χ1) is 14.0. The number of nitrogen functional groups attached to an aromatic ring is 1. The molecule has 6 nitrogen and oxygen atoms in total. The van der Waals surface area contributed by atoms with E-state index >= 15 is 0 Å². The van der Waals surface area contributed by atoms with Crippen molar-refractivity contribution in [3.63, 3.8) is 0 Å². The summed E-state index contributed by atoms with van der Waals surface area (Å²) < 4.78 is 0. The van der Waals surface area contributed by atoms with Gasteiger partial charge in [0.15, 0.2) is 0 Å². The van der Waals surface area contributed by atoms with Crippen molar-refractivity contribution in [3.05, 3.63) is 90.0 Å². The molecule has 0 atom stereocenters. The maximum Gasteiger partial charge on any atom is 0.233 e. The smallest absolute Gasteiger partial charge is 0.233 e. The minimum atomic E-state index is -0.408. The topological polar surface area (TPSA) is 108 Å². The second kappa shape index (κ2) is 10.8. The first-order valence-electron chi connectivity index (χ1n) is 9.17. The molecule has 154 valence electrons. The second-order valence-electron chi connectivity index (χ2n) is 6.52. The third-order valence-electron chi connectivity index (χ3n) is 4.38. The Morgan fingerprint density at radius 3 is 2.13 bits per heavy atom. The number of nitrogens with one attached hydrogen (secondary N) is 3. The van der Waals surface area contributed by atoms with Crippen molar-refractivity contribution >= 4 is 35.7 Å². The van der Waals surface area contributed by atoms with Gasteiger partial charge in [0, 0.05) is 17.8 Å². The zero-order chi connectivity index (χ0) is 20.6. The van der Waals surface area contributed by atoms with E-state index in [4.69, 9.17) is 11.1 Å². The van der Waals surface area contributed by atoms with Gasteiger partial charge < -0.3 is 16.4 Å². The third-order valence-corrected chi connectivity index (χ3v) is 4.38. The van der Waals surface area contributed by atoms with Crippen LogP contribution < -0.4 is 16.4 Å². The highest BCUT2D eigenvalue weighted by Crippen LogP contribution is 2.23. The maximum atomic E-state index is 12.2. The summed E-state index contributed by atoms with van der Waals surface area (Å²) in [6.07, 6.45) is -0.276. The summed E-state index contributed by atoms with van der Waals surface area (Å²) in [6.45, 7) is 0.338. The third kappa shape index (κ3) is 6.18. The van der Waals surface area contributed by atoms with Gasteiger partial charge in [-0.1, -0.05) is 54.6 Å².